The van der Waals surface area contributed by atoms with Crippen LogP contribution < -0.4 is 0 Å². The Labute approximate surface area is 266 Å². The van der Waals surface area contributed by atoms with E-state index >= 15 is 0 Å². The van der Waals surface area contributed by atoms with E-state index in [1.165, 1.54) is 89.9 Å². The summed E-state index contributed by atoms with van der Waals surface area (Å²) in [6, 6.07) is 0. The van der Waals surface area contributed by atoms with E-state index in [2.05, 4.69) is 62.5 Å². The molecule has 0 amide bonds. The molecule has 248 valence electrons. The molecule has 0 heterocycles. The first kappa shape index (κ1) is 40.9. The van der Waals surface area contributed by atoms with E-state index in [1.807, 2.05) is 0 Å². The molecule has 0 saturated heterocycles. The normalized spacial score (nSPS) is 12.0. The van der Waals surface area contributed by atoms with Crippen LogP contribution >= 0.6 is 0 Å². The van der Waals surface area contributed by atoms with Crippen molar-refractivity contribution in [3.05, 3.63) is 48.6 Å². The van der Waals surface area contributed by atoms with E-state index < -0.39 is 11.9 Å². The zero-order valence-electron chi connectivity index (χ0n) is 28.3. The third-order valence-electron chi connectivity index (χ3n) is 7.50. The minimum absolute atomic E-state index is 0.273. The minimum Gasteiger partial charge on any atom is -0.465 e. The van der Waals surface area contributed by atoms with Gasteiger partial charge in [0.25, 0.3) is 0 Å². The highest BCUT2D eigenvalue weighted by atomic mass is 16.6. The highest BCUT2D eigenvalue weighted by Gasteiger charge is 2.11. The van der Waals surface area contributed by atoms with Crippen molar-refractivity contribution >= 4 is 11.9 Å². The molecule has 4 nitrogen and oxygen atoms in total. The Morgan fingerprint density at radius 2 is 0.698 bits per heavy atom. The molecule has 0 unspecified atom stereocenters. The first-order chi connectivity index (χ1) is 21.2. The number of rotatable bonds is 32. The number of unbranched alkanes of at least 4 members (excludes halogenated alkanes) is 18. The maximum Gasteiger partial charge on any atom is 0.317 e. The Morgan fingerprint density at radius 1 is 0.395 bits per heavy atom. The molecule has 0 aliphatic rings. The van der Waals surface area contributed by atoms with Crippen LogP contribution in [0.25, 0.3) is 0 Å². The quantitative estimate of drug-likeness (QED) is 0.0333. The Morgan fingerprint density at radius 3 is 1.05 bits per heavy atom. The molecule has 0 aromatic rings. The van der Waals surface area contributed by atoms with Gasteiger partial charge in [-0.3, -0.25) is 9.59 Å². The van der Waals surface area contributed by atoms with Crippen molar-refractivity contribution in [1.82, 2.24) is 0 Å². The van der Waals surface area contributed by atoms with Crippen LogP contribution in [0.5, 0.6) is 0 Å². The number of carbonyl (C=O) groups excluding carboxylic acids is 2. The maximum atomic E-state index is 11.9. The summed E-state index contributed by atoms with van der Waals surface area (Å²) in [6.07, 6.45) is 46.4. The average molecular weight is 601 g/mol. The number of ether oxygens (including phenoxy) is 2. The van der Waals surface area contributed by atoms with Gasteiger partial charge in [-0.05, 0) is 77.0 Å². The minimum atomic E-state index is -0.468. The van der Waals surface area contributed by atoms with Gasteiger partial charge in [0.2, 0.25) is 0 Å². The van der Waals surface area contributed by atoms with Crippen molar-refractivity contribution in [3.63, 3.8) is 0 Å². The first-order valence-corrected chi connectivity index (χ1v) is 18.1. The second kappa shape index (κ2) is 36.1. The van der Waals surface area contributed by atoms with E-state index in [1.54, 1.807) is 0 Å². The predicted octanol–water partition coefficient (Wildman–Crippen LogP) is 12.1. The number of hydrogen-bond acceptors (Lipinski definition) is 4. The third kappa shape index (κ3) is 36.0. The van der Waals surface area contributed by atoms with Gasteiger partial charge >= 0.3 is 11.9 Å². The fraction of sp³-hybridized carbons (Fsp3) is 0.744. The fourth-order valence-corrected chi connectivity index (χ4v) is 4.77. The maximum absolute atomic E-state index is 11.9. The largest absolute Gasteiger partial charge is 0.465 e. The van der Waals surface area contributed by atoms with Crippen molar-refractivity contribution < 1.29 is 19.1 Å². The summed E-state index contributed by atoms with van der Waals surface area (Å²) in [5.74, 6) is -0.936. The monoisotopic (exact) mass is 601 g/mol. The van der Waals surface area contributed by atoms with Crippen molar-refractivity contribution in [3.8, 4) is 0 Å². The number of allylic oxidation sites excluding steroid dienone is 8. The Hall–Kier alpha value is -2.10. The second-order valence-corrected chi connectivity index (χ2v) is 11.8. The van der Waals surface area contributed by atoms with Crippen LogP contribution in [0.3, 0.4) is 0 Å². The zero-order chi connectivity index (χ0) is 31.3. The molecule has 0 fully saturated rings. The Balaban J connectivity index is 3.39. The predicted molar refractivity (Wildman–Crippen MR) is 185 cm³/mol. The van der Waals surface area contributed by atoms with Crippen LogP contribution in [0.15, 0.2) is 48.6 Å². The molecule has 0 atom stereocenters. The zero-order valence-corrected chi connectivity index (χ0v) is 28.3. The molecular formula is C39H68O4. The van der Waals surface area contributed by atoms with E-state index in [4.69, 9.17) is 9.47 Å². The fourth-order valence-electron chi connectivity index (χ4n) is 4.77. The summed E-state index contributed by atoms with van der Waals surface area (Å²) in [4.78, 5) is 23.7. The lowest BCUT2D eigenvalue weighted by Crippen LogP contribution is -2.15. The van der Waals surface area contributed by atoms with E-state index in [9.17, 15) is 9.59 Å². The molecule has 0 bridgehead atoms. The van der Waals surface area contributed by atoms with Crippen LogP contribution in [-0.4, -0.2) is 25.2 Å². The van der Waals surface area contributed by atoms with Gasteiger partial charge in [-0.15, -0.1) is 0 Å². The van der Waals surface area contributed by atoms with Gasteiger partial charge in [-0.1, -0.05) is 140 Å². The van der Waals surface area contributed by atoms with Gasteiger partial charge in [-0.2, -0.15) is 0 Å². The summed E-state index contributed by atoms with van der Waals surface area (Å²) in [7, 11) is 0. The standard InChI is InChI=1S/C39H68O4/c1-3-5-7-9-11-13-15-17-19-21-23-25-27-29-31-33-35-42-38(40)37-39(41)43-36-34-32-30-28-26-24-22-20-18-16-14-12-10-8-6-4-2/h11-14,17-20H,3-10,15-16,21-37H2,1-2H3. The molecule has 0 aromatic heterocycles. The smallest absolute Gasteiger partial charge is 0.317 e. The van der Waals surface area contributed by atoms with Gasteiger partial charge in [0.05, 0.1) is 13.2 Å². The summed E-state index contributed by atoms with van der Waals surface area (Å²) < 4.78 is 10.4. The molecule has 0 saturated carbocycles. The molecule has 0 rings (SSSR count). The molecule has 0 radical (unpaired) electrons. The highest BCUT2D eigenvalue weighted by Crippen LogP contribution is 2.10. The molecule has 0 aliphatic heterocycles. The van der Waals surface area contributed by atoms with Gasteiger partial charge < -0.3 is 9.47 Å². The van der Waals surface area contributed by atoms with Crippen LogP contribution in [0, 0.1) is 0 Å². The molecular weight excluding hydrogens is 532 g/mol. The van der Waals surface area contributed by atoms with Crippen LogP contribution in [0.1, 0.15) is 174 Å². The summed E-state index contributed by atoms with van der Waals surface area (Å²) in [6.45, 7) is 5.28. The Bertz CT molecular complexity index is 659. The van der Waals surface area contributed by atoms with E-state index in [-0.39, 0.29) is 6.42 Å². The molecule has 43 heavy (non-hydrogen) atoms. The van der Waals surface area contributed by atoms with Crippen molar-refractivity contribution in [1.29, 1.82) is 0 Å². The first-order valence-electron chi connectivity index (χ1n) is 18.1. The lowest BCUT2D eigenvalue weighted by Gasteiger charge is -2.06. The van der Waals surface area contributed by atoms with Gasteiger partial charge in [0.1, 0.15) is 6.42 Å². The molecule has 0 aliphatic carbocycles. The average Bonchev–Trinajstić information content (AvgIpc) is 3.00. The number of carbonyl (C=O) groups is 2. The third-order valence-corrected chi connectivity index (χ3v) is 7.50. The van der Waals surface area contributed by atoms with Crippen LogP contribution in [0.2, 0.25) is 0 Å². The lowest BCUT2D eigenvalue weighted by molar-refractivity contribution is -0.154. The van der Waals surface area contributed by atoms with E-state index in [0.717, 1.165) is 64.2 Å². The lowest BCUT2D eigenvalue weighted by atomic mass is 10.1. The Kier molecular flexibility index (Phi) is 34.3. The van der Waals surface area contributed by atoms with Crippen molar-refractivity contribution in [2.24, 2.45) is 0 Å². The van der Waals surface area contributed by atoms with Crippen LogP contribution in [0.4, 0.5) is 0 Å². The summed E-state index contributed by atoms with van der Waals surface area (Å²) in [5, 5.41) is 0. The van der Waals surface area contributed by atoms with Crippen molar-refractivity contribution in [2.45, 2.75) is 174 Å². The highest BCUT2D eigenvalue weighted by molar-refractivity contribution is 5.91. The number of esters is 2. The summed E-state index contributed by atoms with van der Waals surface area (Å²) >= 11 is 0. The summed E-state index contributed by atoms with van der Waals surface area (Å²) in [5.41, 5.74) is 0. The topological polar surface area (TPSA) is 52.6 Å². The molecule has 4 heteroatoms. The molecule has 0 spiro atoms. The van der Waals surface area contributed by atoms with Crippen molar-refractivity contribution in [2.75, 3.05) is 13.2 Å². The van der Waals surface area contributed by atoms with E-state index in [0.29, 0.717) is 13.2 Å². The number of hydrogen-bond donors (Lipinski definition) is 0. The molecule has 0 N–H and O–H groups in total. The van der Waals surface area contributed by atoms with Crippen LogP contribution in [-0.2, 0) is 19.1 Å². The second-order valence-electron chi connectivity index (χ2n) is 11.8. The SMILES string of the molecule is CCCCCC=CCC=CCCCCCCCCOC(=O)CC(=O)OCCCCCCCCC=CCC=CCCCCC. The van der Waals surface area contributed by atoms with Gasteiger partial charge in [0, 0.05) is 0 Å². The van der Waals surface area contributed by atoms with Gasteiger partial charge in [0.15, 0.2) is 0 Å². The molecule has 0 aromatic carbocycles. The van der Waals surface area contributed by atoms with Gasteiger partial charge in [-0.25, -0.2) is 0 Å².